The van der Waals surface area contributed by atoms with Gasteiger partial charge in [-0.1, -0.05) is 24.3 Å². The molecular weight excluding hydrogens is 174 g/mol. The highest BCUT2D eigenvalue weighted by Gasteiger charge is 2.03. The van der Waals surface area contributed by atoms with Crippen LogP contribution in [0.15, 0.2) is 36.4 Å². The molecule has 72 valence electrons. The van der Waals surface area contributed by atoms with Gasteiger partial charge in [-0.2, -0.15) is 0 Å². The smallest absolute Gasteiger partial charge is 0.125 e. The molecule has 0 amide bonds. The van der Waals surface area contributed by atoms with Crippen molar-refractivity contribution in [3.63, 3.8) is 0 Å². The van der Waals surface area contributed by atoms with Crippen molar-refractivity contribution in [1.29, 1.82) is 0 Å². The molecule has 0 spiro atoms. The number of phenols is 1. The van der Waals surface area contributed by atoms with Crippen molar-refractivity contribution in [2.24, 2.45) is 0 Å². The Morgan fingerprint density at radius 3 is 2.57 bits per heavy atom. The number of aromatic hydroxyl groups is 1. The van der Waals surface area contributed by atoms with Crippen LogP contribution in [-0.4, -0.2) is 11.7 Å². The van der Waals surface area contributed by atoms with Gasteiger partial charge >= 0.3 is 0 Å². The molecule has 0 radical (unpaired) electrons. The summed E-state index contributed by atoms with van der Waals surface area (Å²) in [5.41, 5.74) is 0.989. The Kier molecular flexibility index (Phi) is 2.27. The van der Waals surface area contributed by atoms with Gasteiger partial charge in [0.15, 0.2) is 0 Å². The van der Waals surface area contributed by atoms with Gasteiger partial charge < -0.3 is 10.4 Å². The summed E-state index contributed by atoms with van der Waals surface area (Å²) >= 11 is 0. The largest absolute Gasteiger partial charge is 0.507 e. The van der Waals surface area contributed by atoms with Crippen LogP contribution in [0.1, 0.15) is 6.92 Å². The molecule has 0 aliphatic rings. The van der Waals surface area contributed by atoms with Gasteiger partial charge in [-0.25, -0.2) is 0 Å². The predicted octanol–water partition coefficient (Wildman–Crippen LogP) is 2.98. The van der Waals surface area contributed by atoms with E-state index in [2.05, 4.69) is 5.32 Å². The number of hydrogen-bond donors (Lipinski definition) is 2. The SMILES string of the molecule is CCNc1cccc2cccc(O)c12. The Hall–Kier alpha value is -1.70. The minimum absolute atomic E-state index is 0.332. The molecule has 2 heteroatoms. The highest BCUT2D eigenvalue weighted by molar-refractivity contribution is 5.98. The van der Waals surface area contributed by atoms with E-state index in [1.54, 1.807) is 6.07 Å². The van der Waals surface area contributed by atoms with E-state index in [9.17, 15) is 5.11 Å². The summed E-state index contributed by atoms with van der Waals surface area (Å²) in [5, 5.41) is 14.9. The molecule has 0 bridgehead atoms. The van der Waals surface area contributed by atoms with Crippen molar-refractivity contribution in [3.05, 3.63) is 36.4 Å². The maximum absolute atomic E-state index is 9.74. The number of phenolic OH excluding ortho intramolecular Hbond substituents is 1. The van der Waals surface area contributed by atoms with Crippen molar-refractivity contribution in [2.45, 2.75) is 6.92 Å². The predicted molar refractivity (Wildman–Crippen MR) is 59.8 cm³/mol. The first-order valence-corrected chi connectivity index (χ1v) is 4.77. The third-order valence-corrected chi connectivity index (χ3v) is 2.25. The van der Waals surface area contributed by atoms with E-state index in [4.69, 9.17) is 0 Å². The van der Waals surface area contributed by atoms with Crippen LogP contribution in [0, 0.1) is 0 Å². The fourth-order valence-corrected chi connectivity index (χ4v) is 1.66. The average Bonchev–Trinajstić information content (AvgIpc) is 2.19. The van der Waals surface area contributed by atoms with E-state index in [-0.39, 0.29) is 0 Å². The Morgan fingerprint density at radius 2 is 1.86 bits per heavy atom. The molecule has 0 aliphatic carbocycles. The van der Waals surface area contributed by atoms with Gasteiger partial charge in [-0.3, -0.25) is 0 Å². The van der Waals surface area contributed by atoms with E-state index in [1.165, 1.54) is 0 Å². The van der Waals surface area contributed by atoms with Crippen LogP contribution >= 0.6 is 0 Å². The number of nitrogens with one attached hydrogen (secondary N) is 1. The third kappa shape index (κ3) is 1.39. The molecule has 0 saturated heterocycles. The molecule has 0 heterocycles. The lowest BCUT2D eigenvalue weighted by Gasteiger charge is -2.08. The minimum Gasteiger partial charge on any atom is -0.507 e. The first-order valence-electron chi connectivity index (χ1n) is 4.77. The lowest BCUT2D eigenvalue weighted by molar-refractivity contribution is 0.482. The molecule has 0 saturated carbocycles. The van der Waals surface area contributed by atoms with Crippen LogP contribution in [0.25, 0.3) is 10.8 Å². The molecule has 0 atom stereocenters. The van der Waals surface area contributed by atoms with Gasteiger partial charge in [-0.15, -0.1) is 0 Å². The molecule has 2 rings (SSSR count). The van der Waals surface area contributed by atoms with Crippen molar-refractivity contribution < 1.29 is 5.11 Å². The molecule has 2 N–H and O–H groups in total. The van der Waals surface area contributed by atoms with Gasteiger partial charge in [-0.05, 0) is 24.4 Å². The lowest BCUT2D eigenvalue weighted by Crippen LogP contribution is -1.96. The quantitative estimate of drug-likeness (QED) is 0.757. The van der Waals surface area contributed by atoms with Crippen LogP contribution in [0.5, 0.6) is 5.75 Å². The number of fused-ring (bicyclic) bond motifs is 1. The van der Waals surface area contributed by atoms with Gasteiger partial charge in [0.05, 0.1) is 0 Å². The Balaban J connectivity index is 2.71. The minimum atomic E-state index is 0.332. The zero-order chi connectivity index (χ0) is 9.97. The Labute approximate surface area is 83.2 Å². The molecule has 0 fully saturated rings. The number of benzene rings is 2. The summed E-state index contributed by atoms with van der Waals surface area (Å²) in [6.45, 7) is 2.90. The Bertz CT molecular complexity index is 446. The van der Waals surface area contributed by atoms with Crippen molar-refractivity contribution >= 4 is 16.5 Å². The van der Waals surface area contributed by atoms with Gasteiger partial charge in [0.25, 0.3) is 0 Å². The van der Waals surface area contributed by atoms with Crippen LogP contribution < -0.4 is 5.32 Å². The number of anilines is 1. The fourth-order valence-electron chi connectivity index (χ4n) is 1.66. The molecule has 2 aromatic carbocycles. The maximum Gasteiger partial charge on any atom is 0.125 e. The standard InChI is InChI=1S/C12H13NO/c1-2-13-10-7-3-5-9-6-4-8-11(14)12(9)10/h3-8,13-14H,2H2,1H3. The summed E-state index contributed by atoms with van der Waals surface area (Å²) in [4.78, 5) is 0. The maximum atomic E-state index is 9.74. The second-order valence-corrected chi connectivity index (χ2v) is 3.21. The van der Waals surface area contributed by atoms with Crippen molar-refractivity contribution in [3.8, 4) is 5.75 Å². The summed E-state index contributed by atoms with van der Waals surface area (Å²) in [7, 11) is 0. The second kappa shape index (κ2) is 3.58. The van der Waals surface area contributed by atoms with Crippen molar-refractivity contribution in [2.75, 3.05) is 11.9 Å². The second-order valence-electron chi connectivity index (χ2n) is 3.21. The van der Waals surface area contributed by atoms with E-state index < -0.39 is 0 Å². The fraction of sp³-hybridized carbons (Fsp3) is 0.167. The highest BCUT2D eigenvalue weighted by Crippen LogP contribution is 2.30. The molecule has 2 nitrogen and oxygen atoms in total. The van der Waals surface area contributed by atoms with Crippen LogP contribution in [0.2, 0.25) is 0 Å². The first kappa shape index (κ1) is 8.88. The Morgan fingerprint density at radius 1 is 1.14 bits per heavy atom. The highest BCUT2D eigenvalue weighted by atomic mass is 16.3. The molecule has 0 aliphatic heterocycles. The number of hydrogen-bond acceptors (Lipinski definition) is 2. The molecule has 2 aromatic rings. The lowest BCUT2D eigenvalue weighted by atomic mass is 10.1. The van der Waals surface area contributed by atoms with E-state index in [0.717, 1.165) is 23.0 Å². The molecule has 14 heavy (non-hydrogen) atoms. The zero-order valence-electron chi connectivity index (χ0n) is 8.12. The van der Waals surface area contributed by atoms with Gasteiger partial charge in [0.1, 0.15) is 5.75 Å². The first-order chi connectivity index (χ1) is 6.83. The average molecular weight is 187 g/mol. The zero-order valence-corrected chi connectivity index (χ0v) is 8.12. The summed E-state index contributed by atoms with van der Waals surface area (Å²) < 4.78 is 0. The summed E-state index contributed by atoms with van der Waals surface area (Å²) in [6.07, 6.45) is 0. The van der Waals surface area contributed by atoms with E-state index in [0.29, 0.717) is 5.75 Å². The summed E-state index contributed by atoms with van der Waals surface area (Å²) in [6, 6.07) is 11.5. The van der Waals surface area contributed by atoms with Crippen molar-refractivity contribution in [1.82, 2.24) is 0 Å². The van der Waals surface area contributed by atoms with E-state index >= 15 is 0 Å². The van der Waals surface area contributed by atoms with E-state index in [1.807, 2.05) is 37.3 Å². The monoisotopic (exact) mass is 187 g/mol. The molecule has 0 unspecified atom stereocenters. The van der Waals surface area contributed by atoms with Crippen LogP contribution in [0.3, 0.4) is 0 Å². The molecule has 0 aromatic heterocycles. The van der Waals surface area contributed by atoms with Gasteiger partial charge in [0.2, 0.25) is 0 Å². The topological polar surface area (TPSA) is 32.3 Å². The van der Waals surface area contributed by atoms with Crippen LogP contribution in [-0.2, 0) is 0 Å². The van der Waals surface area contributed by atoms with Crippen LogP contribution in [0.4, 0.5) is 5.69 Å². The normalized spacial score (nSPS) is 10.4. The molecular formula is C12H13NO. The number of rotatable bonds is 2. The summed E-state index contributed by atoms with van der Waals surface area (Å²) in [5.74, 6) is 0.332. The van der Waals surface area contributed by atoms with Gasteiger partial charge in [0, 0.05) is 17.6 Å². The third-order valence-electron chi connectivity index (χ3n) is 2.25.